The molecule has 0 spiro atoms. The number of aromatic nitrogens is 2. The van der Waals surface area contributed by atoms with Crippen LogP contribution in [0.3, 0.4) is 0 Å². The smallest absolute Gasteiger partial charge is 0.173 e. The van der Waals surface area contributed by atoms with E-state index in [1.54, 1.807) is 12.5 Å². The van der Waals surface area contributed by atoms with Gasteiger partial charge in [-0.1, -0.05) is 0 Å². The van der Waals surface area contributed by atoms with Gasteiger partial charge in [-0.3, -0.25) is 0 Å². The maximum absolute atomic E-state index is 5.68. The van der Waals surface area contributed by atoms with Crippen LogP contribution >= 0.6 is 0 Å². The first kappa shape index (κ1) is 8.07. The van der Waals surface area contributed by atoms with Gasteiger partial charge in [0.2, 0.25) is 0 Å². The first-order chi connectivity index (χ1) is 6.27. The van der Waals surface area contributed by atoms with Crippen molar-refractivity contribution in [2.45, 2.75) is 13.0 Å². The van der Waals surface area contributed by atoms with Gasteiger partial charge in [0.25, 0.3) is 0 Å². The van der Waals surface area contributed by atoms with Crippen molar-refractivity contribution in [3.63, 3.8) is 0 Å². The summed E-state index contributed by atoms with van der Waals surface area (Å²) in [4.78, 5) is 7.24. The van der Waals surface area contributed by atoms with Crippen LogP contribution in [0.4, 0.5) is 0 Å². The third kappa shape index (κ3) is 1.48. The number of hydrogen-bond donors (Lipinski definition) is 2. The Morgan fingerprint density at radius 2 is 2.46 bits per heavy atom. The monoisotopic (exact) mass is 177 g/mol. The normalized spacial score (nSPS) is 13.1. The van der Waals surface area contributed by atoms with Gasteiger partial charge in [0, 0.05) is 6.04 Å². The van der Waals surface area contributed by atoms with Gasteiger partial charge in [0.15, 0.2) is 11.6 Å². The second-order valence-electron chi connectivity index (χ2n) is 2.95. The molecule has 2 aromatic rings. The number of imidazole rings is 1. The molecule has 4 heteroatoms. The van der Waals surface area contributed by atoms with E-state index in [-0.39, 0.29) is 6.04 Å². The number of nitrogens with zero attached hydrogens (tertiary/aromatic N) is 1. The van der Waals surface area contributed by atoms with Gasteiger partial charge in [-0.2, -0.15) is 0 Å². The Bertz CT molecular complexity index is 375. The molecular weight excluding hydrogens is 166 g/mol. The van der Waals surface area contributed by atoms with Gasteiger partial charge in [-0.15, -0.1) is 0 Å². The predicted octanol–water partition coefficient (Wildman–Crippen LogP) is 1.69. The second kappa shape index (κ2) is 3.06. The molecule has 0 aliphatic carbocycles. The molecule has 0 aliphatic rings. The Balaban J connectivity index is 2.33. The molecule has 0 fully saturated rings. The molecule has 0 amide bonds. The minimum absolute atomic E-state index is 0.0313. The predicted molar refractivity (Wildman–Crippen MR) is 48.9 cm³/mol. The highest BCUT2D eigenvalue weighted by atomic mass is 16.3. The summed E-state index contributed by atoms with van der Waals surface area (Å²) in [5.41, 5.74) is 6.59. The fourth-order valence-corrected chi connectivity index (χ4v) is 1.11. The zero-order valence-corrected chi connectivity index (χ0v) is 7.32. The SMILES string of the molecule is CC(N)c1cnc(-c2ccco2)[nH]1. The van der Waals surface area contributed by atoms with Crippen LogP contribution in [0.2, 0.25) is 0 Å². The van der Waals surface area contributed by atoms with E-state index in [0.717, 1.165) is 17.3 Å². The number of nitrogens with two attached hydrogens (primary N) is 1. The van der Waals surface area contributed by atoms with Crippen LogP contribution in [0, 0.1) is 0 Å². The van der Waals surface area contributed by atoms with Gasteiger partial charge in [0.05, 0.1) is 18.2 Å². The van der Waals surface area contributed by atoms with Crippen molar-refractivity contribution >= 4 is 0 Å². The molecule has 1 unspecified atom stereocenters. The van der Waals surface area contributed by atoms with Crippen molar-refractivity contribution in [2.24, 2.45) is 5.73 Å². The first-order valence-electron chi connectivity index (χ1n) is 4.12. The van der Waals surface area contributed by atoms with Gasteiger partial charge in [0.1, 0.15) is 0 Å². The van der Waals surface area contributed by atoms with Crippen LogP contribution in [0.5, 0.6) is 0 Å². The summed E-state index contributed by atoms with van der Waals surface area (Å²) in [7, 11) is 0. The van der Waals surface area contributed by atoms with Crippen molar-refractivity contribution < 1.29 is 4.42 Å². The Morgan fingerprint density at radius 3 is 3.00 bits per heavy atom. The number of rotatable bonds is 2. The van der Waals surface area contributed by atoms with Crippen LogP contribution in [0.1, 0.15) is 18.7 Å². The summed E-state index contributed by atoms with van der Waals surface area (Å²) < 4.78 is 5.18. The number of furan rings is 1. The fourth-order valence-electron chi connectivity index (χ4n) is 1.11. The van der Waals surface area contributed by atoms with Gasteiger partial charge >= 0.3 is 0 Å². The maximum Gasteiger partial charge on any atom is 0.173 e. The van der Waals surface area contributed by atoms with E-state index >= 15 is 0 Å². The number of hydrogen-bond acceptors (Lipinski definition) is 3. The minimum atomic E-state index is -0.0313. The Morgan fingerprint density at radius 1 is 1.62 bits per heavy atom. The summed E-state index contributed by atoms with van der Waals surface area (Å²) in [6, 6.07) is 3.64. The molecule has 1 atom stereocenters. The summed E-state index contributed by atoms with van der Waals surface area (Å²) >= 11 is 0. The van der Waals surface area contributed by atoms with Gasteiger partial charge in [-0.25, -0.2) is 4.98 Å². The second-order valence-corrected chi connectivity index (χ2v) is 2.95. The quantitative estimate of drug-likeness (QED) is 0.733. The third-order valence-corrected chi connectivity index (χ3v) is 1.84. The molecule has 68 valence electrons. The maximum atomic E-state index is 5.68. The van der Waals surface area contributed by atoms with E-state index in [1.807, 2.05) is 19.1 Å². The zero-order valence-electron chi connectivity index (χ0n) is 7.32. The molecule has 4 nitrogen and oxygen atoms in total. The van der Waals surface area contributed by atoms with E-state index in [1.165, 1.54) is 0 Å². The average molecular weight is 177 g/mol. The number of H-pyrrole nitrogens is 1. The average Bonchev–Trinajstić information content (AvgIpc) is 2.75. The zero-order chi connectivity index (χ0) is 9.26. The lowest BCUT2D eigenvalue weighted by atomic mass is 10.3. The summed E-state index contributed by atoms with van der Waals surface area (Å²) in [6.45, 7) is 1.90. The van der Waals surface area contributed by atoms with Crippen LogP contribution in [-0.2, 0) is 0 Å². The van der Waals surface area contributed by atoms with Gasteiger partial charge < -0.3 is 15.1 Å². The summed E-state index contributed by atoms with van der Waals surface area (Å²) in [6.07, 6.45) is 3.34. The lowest BCUT2D eigenvalue weighted by molar-refractivity contribution is 0.578. The Labute approximate surface area is 75.8 Å². The Kier molecular flexibility index (Phi) is 1.90. The largest absolute Gasteiger partial charge is 0.461 e. The summed E-state index contributed by atoms with van der Waals surface area (Å²) in [5.74, 6) is 1.45. The van der Waals surface area contributed by atoms with E-state index in [2.05, 4.69) is 9.97 Å². The van der Waals surface area contributed by atoms with Crippen molar-refractivity contribution in [2.75, 3.05) is 0 Å². The van der Waals surface area contributed by atoms with E-state index in [9.17, 15) is 0 Å². The molecular formula is C9H11N3O. The van der Waals surface area contributed by atoms with Crippen LogP contribution in [-0.4, -0.2) is 9.97 Å². The molecule has 0 aromatic carbocycles. The molecule has 2 aromatic heterocycles. The molecule has 0 bridgehead atoms. The lowest BCUT2D eigenvalue weighted by Gasteiger charge is -1.98. The molecule has 0 radical (unpaired) electrons. The van der Waals surface area contributed by atoms with Crippen LogP contribution in [0.15, 0.2) is 29.0 Å². The Hall–Kier alpha value is -1.55. The number of aromatic amines is 1. The van der Waals surface area contributed by atoms with Crippen molar-refractivity contribution in [3.8, 4) is 11.6 Å². The van der Waals surface area contributed by atoms with Crippen LogP contribution in [0.25, 0.3) is 11.6 Å². The lowest BCUT2D eigenvalue weighted by Crippen LogP contribution is -2.04. The van der Waals surface area contributed by atoms with Crippen molar-refractivity contribution in [1.82, 2.24) is 9.97 Å². The van der Waals surface area contributed by atoms with Crippen molar-refractivity contribution in [1.29, 1.82) is 0 Å². The molecule has 2 heterocycles. The van der Waals surface area contributed by atoms with Gasteiger partial charge in [-0.05, 0) is 19.1 Å². The topological polar surface area (TPSA) is 67.8 Å². The molecule has 0 saturated heterocycles. The molecule has 2 rings (SSSR count). The first-order valence-corrected chi connectivity index (χ1v) is 4.12. The van der Waals surface area contributed by atoms with Crippen LogP contribution < -0.4 is 5.73 Å². The standard InChI is InChI=1S/C9H11N3O/c1-6(10)7-5-11-9(12-7)8-3-2-4-13-8/h2-6H,10H2,1H3,(H,11,12). The highest BCUT2D eigenvalue weighted by molar-refractivity contribution is 5.46. The highest BCUT2D eigenvalue weighted by Gasteiger charge is 2.07. The molecule has 0 aliphatic heterocycles. The molecule has 0 saturated carbocycles. The van der Waals surface area contributed by atoms with Crippen molar-refractivity contribution in [3.05, 3.63) is 30.3 Å². The fraction of sp³-hybridized carbons (Fsp3) is 0.222. The highest BCUT2D eigenvalue weighted by Crippen LogP contribution is 2.17. The summed E-state index contributed by atoms with van der Waals surface area (Å²) in [5, 5.41) is 0. The molecule has 13 heavy (non-hydrogen) atoms. The third-order valence-electron chi connectivity index (χ3n) is 1.84. The minimum Gasteiger partial charge on any atom is -0.461 e. The van der Waals surface area contributed by atoms with E-state index < -0.39 is 0 Å². The van der Waals surface area contributed by atoms with E-state index in [0.29, 0.717) is 0 Å². The van der Waals surface area contributed by atoms with E-state index in [4.69, 9.17) is 10.2 Å². The number of nitrogens with one attached hydrogen (secondary N) is 1. The molecule has 3 N–H and O–H groups in total.